The molecule has 3 rings (SSSR count). The lowest BCUT2D eigenvalue weighted by atomic mass is 10.1. The molecule has 2 N–H and O–H groups in total. The molecule has 1 aromatic heterocycles. The number of rotatable bonds is 3. The molecule has 0 spiro atoms. The number of carbonyl (C=O) groups excluding carboxylic acids is 2. The van der Waals surface area contributed by atoms with Crippen molar-refractivity contribution in [2.75, 3.05) is 5.32 Å². The molecular weight excluding hydrogens is 346 g/mol. The summed E-state index contributed by atoms with van der Waals surface area (Å²) in [5, 5.41) is 7.03. The zero-order valence-electron chi connectivity index (χ0n) is 14.8. The van der Waals surface area contributed by atoms with Gasteiger partial charge in [-0.15, -0.1) is 0 Å². The van der Waals surface area contributed by atoms with Crippen LogP contribution in [0.25, 0.3) is 11.0 Å². The zero-order chi connectivity index (χ0) is 19.4. The average Bonchev–Trinajstić information content (AvgIpc) is 2.67. The minimum Gasteiger partial charge on any atom is -0.422 e. The maximum Gasteiger partial charge on any atom is 0.345 e. The molecule has 7 nitrogen and oxygen atoms in total. The first-order valence-corrected chi connectivity index (χ1v) is 8.19. The van der Waals surface area contributed by atoms with Gasteiger partial charge in [-0.25, -0.2) is 10.2 Å². The Morgan fingerprint density at radius 2 is 1.70 bits per heavy atom. The Morgan fingerprint density at radius 3 is 2.44 bits per heavy atom. The van der Waals surface area contributed by atoms with E-state index in [1.165, 1.54) is 0 Å². The van der Waals surface area contributed by atoms with Gasteiger partial charge in [0.25, 0.3) is 0 Å². The predicted molar refractivity (Wildman–Crippen MR) is 103 cm³/mol. The van der Waals surface area contributed by atoms with Gasteiger partial charge in [0.2, 0.25) is 0 Å². The Hall–Kier alpha value is -3.74. The average molecular weight is 363 g/mol. The summed E-state index contributed by atoms with van der Waals surface area (Å²) >= 11 is 0. The van der Waals surface area contributed by atoms with Gasteiger partial charge in [0.05, 0.1) is 11.3 Å². The Morgan fingerprint density at radius 1 is 1.00 bits per heavy atom. The van der Waals surface area contributed by atoms with Gasteiger partial charge in [-0.2, -0.15) is 5.10 Å². The van der Waals surface area contributed by atoms with Gasteiger partial charge < -0.3 is 9.73 Å². The lowest BCUT2D eigenvalue weighted by molar-refractivity contribution is -0.136. The largest absolute Gasteiger partial charge is 0.422 e. The van der Waals surface area contributed by atoms with Crippen LogP contribution < -0.4 is 16.4 Å². The first-order chi connectivity index (χ1) is 12.9. The van der Waals surface area contributed by atoms with E-state index in [2.05, 4.69) is 15.8 Å². The molecular formula is C20H17N3O4. The van der Waals surface area contributed by atoms with Crippen molar-refractivity contribution in [2.24, 2.45) is 5.10 Å². The molecule has 136 valence electrons. The number of nitrogens with zero attached hydrogens (tertiary/aromatic N) is 1. The van der Waals surface area contributed by atoms with E-state index in [9.17, 15) is 14.4 Å². The Kier molecular flexibility index (Phi) is 5.12. The van der Waals surface area contributed by atoms with E-state index >= 15 is 0 Å². The first-order valence-electron chi connectivity index (χ1n) is 8.19. The standard InChI is InChI=1S/C20H17N3O4/c1-12-7-9-15(10-8-12)21-18(24)19(25)23-22-13(2)16-11-14-5-3-4-6-17(14)27-20(16)26/h3-11H,1-2H3,(H,21,24)(H,23,25)/b22-13-. The van der Waals surface area contributed by atoms with Crippen molar-refractivity contribution >= 4 is 34.2 Å². The third-order valence-corrected chi connectivity index (χ3v) is 3.87. The van der Waals surface area contributed by atoms with Crippen LogP contribution in [0.3, 0.4) is 0 Å². The molecule has 0 radical (unpaired) electrons. The molecule has 0 aliphatic rings. The van der Waals surface area contributed by atoms with E-state index in [1.807, 2.05) is 25.1 Å². The summed E-state index contributed by atoms with van der Waals surface area (Å²) in [6, 6.07) is 15.7. The van der Waals surface area contributed by atoms with Crippen LogP contribution in [0.1, 0.15) is 18.1 Å². The van der Waals surface area contributed by atoms with E-state index in [1.54, 1.807) is 43.3 Å². The Labute approximate surface area is 154 Å². The van der Waals surface area contributed by atoms with Crippen LogP contribution in [0.4, 0.5) is 5.69 Å². The van der Waals surface area contributed by atoms with Gasteiger partial charge in [0.1, 0.15) is 5.58 Å². The number of hydrogen-bond acceptors (Lipinski definition) is 5. The minimum atomic E-state index is -0.944. The number of fused-ring (bicyclic) bond motifs is 1. The van der Waals surface area contributed by atoms with E-state index in [-0.39, 0.29) is 11.3 Å². The van der Waals surface area contributed by atoms with Crippen LogP contribution in [-0.4, -0.2) is 17.5 Å². The van der Waals surface area contributed by atoms with Gasteiger partial charge in [-0.1, -0.05) is 35.9 Å². The fraction of sp³-hybridized carbons (Fsp3) is 0.100. The molecule has 0 saturated heterocycles. The van der Waals surface area contributed by atoms with Crippen LogP contribution in [0.15, 0.2) is 68.9 Å². The number of benzene rings is 2. The number of hydrogen-bond donors (Lipinski definition) is 2. The Bertz CT molecular complexity index is 1100. The summed E-state index contributed by atoms with van der Waals surface area (Å²) in [7, 11) is 0. The van der Waals surface area contributed by atoms with E-state index in [0.717, 1.165) is 10.9 Å². The molecule has 0 saturated carbocycles. The van der Waals surface area contributed by atoms with Crippen molar-refractivity contribution in [3.05, 3.63) is 76.1 Å². The predicted octanol–water partition coefficient (Wildman–Crippen LogP) is 2.58. The van der Waals surface area contributed by atoms with E-state index < -0.39 is 17.4 Å². The molecule has 1 heterocycles. The SMILES string of the molecule is C/C(=N/NC(=O)C(=O)Nc1ccc(C)cc1)c1cc2ccccc2oc1=O. The summed E-state index contributed by atoms with van der Waals surface area (Å²) in [5.74, 6) is -1.80. The van der Waals surface area contributed by atoms with Gasteiger partial charge in [0, 0.05) is 11.1 Å². The summed E-state index contributed by atoms with van der Waals surface area (Å²) in [5.41, 5.74) is 3.99. The molecule has 3 aromatic rings. The van der Waals surface area contributed by atoms with Crippen LogP contribution in [0.5, 0.6) is 0 Å². The highest BCUT2D eigenvalue weighted by Gasteiger charge is 2.14. The number of hydrazone groups is 1. The molecule has 0 aliphatic carbocycles. The monoisotopic (exact) mass is 363 g/mol. The third-order valence-electron chi connectivity index (χ3n) is 3.87. The fourth-order valence-electron chi connectivity index (χ4n) is 2.38. The molecule has 0 bridgehead atoms. The number of anilines is 1. The summed E-state index contributed by atoms with van der Waals surface area (Å²) < 4.78 is 5.23. The van der Waals surface area contributed by atoms with Gasteiger partial charge in [-0.3, -0.25) is 9.59 Å². The van der Waals surface area contributed by atoms with Crippen LogP contribution in [-0.2, 0) is 9.59 Å². The van der Waals surface area contributed by atoms with Crippen LogP contribution >= 0.6 is 0 Å². The molecule has 0 fully saturated rings. The van der Waals surface area contributed by atoms with Gasteiger partial charge in [0.15, 0.2) is 0 Å². The summed E-state index contributed by atoms with van der Waals surface area (Å²) in [4.78, 5) is 35.9. The number of nitrogens with one attached hydrogen (secondary N) is 2. The van der Waals surface area contributed by atoms with Gasteiger partial charge in [-0.05, 0) is 38.1 Å². The second-order valence-corrected chi connectivity index (χ2v) is 5.94. The van der Waals surface area contributed by atoms with E-state index in [0.29, 0.717) is 11.3 Å². The zero-order valence-corrected chi connectivity index (χ0v) is 14.8. The van der Waals surface area contributed by atoms with Crippen molar-refractivity contribution in [3.8, 4) is 0 Å². The first kappa shape index (κ1) is 18.1. The maximum absolute atomic E-state index is 12.1. The van der Waals surface area contributed by atoms with Crippen molar-refractivity contribution in [1.29, 1.82) is 0 Å². The molecule has 2 amide bonds. The number of para-hydroxylation sites is 1. The molecule has 7 heteroatoms. The van der Waals surface area contributed by atoms with Crippen molar-refractivity contribution in [3.63, 3.8) is 0 Å². The maximum atomic E-state index is 12.1. The highest BCUT2D eigenvalue weighted by Crippen LogP contribution is 2.13. The van der Waals surface area contributed by atoms with Crippen LogP contribution in [0.2, 0.25) is 0 Å². The highest BCUT2D eigenvalue weighted by molar-refractivity contribution is 6.39. The molecule has 0 unspecified atom stereocenters. The number of amides is 2. The fourth-order valence-corrected chi connectivity index (χ4v) is 2.38. The van der Waals surface area contributed by atoms with Crippen LogP contribution in [0, 0.1) is 6.92 Å². The highest BCUT2D eigenvalue weighted by atomic mass is 16.4. The molecule has 2 aromatic carbocycles. The third kappa shape index (κ3) is 4.27. The van der Waals surface area contributed by atoms with Crippen molar-refractivity contribution < 1.29 is 14.0 Å². The Balaban J connectivity index is 1.72. The summed E-state index contributed by atoms with van der Waals surface area (Å²) in [6.07, 6.45) is 0. The number of aryl methyl sites for hydroxylation is 1. The lowest BCUT2D eigenvalue weighted by Gasteiger charge is -2.05. The molecule has 27 heavy (non-hydrogen) atoms. The minimum absolute atomic E-state index is 0.202. The second-order valence-electron chi connectivity index (χ2n) is 5.94. The van der Waals surface area contributed by atoms with E-state index in [4.69, 9.17) is 4.42 Å². The second kappa shape index (κ2) is 7.65. The molecule has 0 aliphatic heterocycles. The lowest BCUT2D eigenvalue weighted by Crippen LogP contribution is -2.33. The van der Waals surface area contributed by atoms with Gasteiger partial charge >= 0.3 is 17.4 Å². The van der Waals surface area contributed by atoms with Crippen molar-refractivity contribution in [1.82, 2.24) is 5.43 Å². The summed E-state index contributed by atoms with van der Waals surface area (Å²) in [6.45, 7) is 3.46. The molecule has 0 atom stereocenters. The smallest absolute Gasteiger partial charge is 0.345 e. The number of carbonyl (C=O) groups is 2. The quantitative estimate of drug-likeness (QED) is 0.323. The normalized spacial score (nSPS) is 11.3. The van der Waals surface area contributed by atoms with Crippen molar-refractivity contribution in [2.45, 2.75) is 13.8 Å². The topological polar surface area (TPSA) is 101 Å².